The largest absolute Gasteiger partial charge is 0.573 e. The van der Waals surface area contributed by atoms with Crippen LogP contribution in [0, 0.1) is 5.82 Å². The Kier molecular flexibility index (Phi) is 5.30. The molecule has 0 aliphatic rings. The predicted octanol–water partition coefficient (Wildman–Crippen LogP) is 4.52. The molecule has 0 radical (unpaired) electrons. The number of halogens is 4. The molecule has 38 heavy (non-hydrogen) atoms. The molecule has 2 heterocycles. The van der Waals surface area contributed by atoms with E-state index in [4.69, 9.17) is 13.0 Å². The first-order valence-electron chi connectivity index (χ1n) is 13.6. The van der Waals surface area contributed by atoms with Crippen molar-refractivity contribution < 1.29 is 44.8 Å². The fourth-order valence-corrected chi connectivity index (χ4v) is 3.57. The second kappa shape index (κ2) is 10.4. The molecular weight excluding hydrogens is 510 g/mol. The molecule has 13 heteroatoms. The van der Waals surface area contributed by atoms with Gasteiger partial charge in [0.15, 0.2) is 5.69 Å². The van der Waals surface area contributed by atoms with E-state index in [1.165, 1.54) is 7.05 Å². The van der Waals surface area contributed by atoms with Gasteiger partial charge in [-0.05, 0) is 48.8 Å². The van der Waals surface area contributed by atoms with Crippen molar-refractivity contribution in [2.45, 2.75) is 19.3 Å². The lowest BCUT2D eigenvalue weighted by Crippen LogP contribution is -2.28. The van der Waals surface area contributed by atoms with Gasteiger partial charge in [0.1, 0.15) is 17.1 Å². The van der Waals surface area contributed by atoms with Crippen LogP contribution in [0.4, 0.5) is 17.6 Å². The maximum Gasteiger partial charge on any atom is 0.573 e. The summed E-state index contributed by atoms with van der Waals surface area (Å²) in [5.74, 6) is -4.70. The molecule has 4 aromatic rings. The molecule has 2 amide bonds. The Bertz CT molecular complexity index is 1730. The minimum absolute atomic E-state index is 0.112. The molecule has 4 rings (SSSR count). The average molecular weight is 538 g/mol. The van der Waals surface area contributed by atoms with Gasteiger partial charge in [-0.1, -0.05) is 6.07 Å². The number of aromatic amines is 1. The second-order valence-corrected chi connectivity index (χ2v) is 7.73. The zero-order valence-electron chi connectivity index (χ0n) is 25.2. The van der Waals surface area contributed by atoms with E-state index in [0.29, 0.717) is 34.7 Å². The van der Waals surface area contributed by atoms with Crippen LogP contribution in [0.15, 0.2) is 48.7 Å². The topological polar surface area (TPSA) is 118 Å². The van der Waals surface area contributed by atoms with Gasteiger partial charge < -0.3 is 20.1 Å². The summed E-state index contributed by atoms with van der Waals surface area (Å²) in [7, 11) is -1.68. The fraction of sp³-hybridized carbons (Fsp3) is 0.200. The lowest BCUT2D eigenvalue weighted by atomic mass is 10.0. The first-order chi connectivity index (χ1) is 20.4. The summed E-state index contributed by atoms with van der Waals surface area (Å²) < 4.78 is 107. The average Bonchev–Trinajstić information content (AvgIpc) is 3.33. The molecule has 2 aromatic carbocycles. The molecule has 198 valence electrons. The molecule has 3 N–H and O–H groups in total. The Balaban J connectivity index is 1.77. The quantitative estimate of drug-likeness (QED) is 0.299. The number of ether oxygens (including phenoxy) is 2. The fourth-order valence-electron chi connectivity index (χ4n) is 3.57. The van der Waals surface area contributed by atoms with Crippen molar-refractivity contribution in [2.75, 3.05) is 14.1 Å². The minimum Gasteiger partial charge on any atom is -0.480 e. The Morgan fingerprint density at radius 3 is 2.63 bits per heavy atom. The van der Waals surface area contributed by atoms with Gasteiger partial charge in [0, 0.05) is 33.9 Å². The van der Waals surface area contributed by atoms with Crippen molar-refractivity contribution in [3.63, 3.8) is 0 Å². The third-order valence-corrected chi connectivity index (χ3v) is 5.32. The van der Waals surface area contributed by atoms with Crippen LogP contribution < -0.4 is 20.1 Å². The second-order valence-electron chi connectivity index (χ2n) is 7.73. The molecule has 1 atom stereocenters. The first-order valence-corrected chi connectivity index (χ1v) is 10.6. The molecule has 2 aromatic heterocycles. The smallest absolute Gasteiger partial charge is 0.480 e. The van der Waals surface area contributed by atoms with Crippen molar-refractivity contribution in [3.05, 3.63) is 71.3 Å². The molecule has 0 fully saturated rings. The number of carbonyl (C=O) groups excluding carboxylic acids is 2. The van der Waals surface area contributed by atoms with Crippen molar-refractivity contribution in [3.8, 4) is 22.8 Å². The molecule has 0 saturated heterocycles. The van der Waals surface area contributed by atoms with Gasteiger partial charge in [-0.15, -0.1) is 13.2 Å². The number of H-pyrrole nitrogens is 1. The number of nitrogens with one attached hydrogen (secondary N) is 3. The number of rotatable bonds is 7. The lowest BCUT2D eigenvalue weighted by molar-refractivity contribution is -0.274. The van der Waals surface area contributed by atoms with Gasteiger partial charge in [0.2, 0.25) is 5.88 Å². The zero-order valence-corrected chi connectivity index (χ0v) is 19.2. The van der Waals surface area contributed by atoms with Crippen LogP contribution in [0.2, 0.25) is 0 Å². The third kappa shape index (κ3) is 5.51. The Hall–Kier alpha value is -4.68. The number of alkyl halides is 3. The monoisotopic (exact) mass is 537 g/mol. The number of amides is 2. The van der Waals surface area contributed by atoms with E-state index in [1.807, 2.05) is 5.32 Å². The molecule has 0 spiro atoms. The standard InChI is InChI=1S/C25H21F4N5O4/c1-12(17-10-15(5-7-19(17)26)38-25(27,28)29)32-22(35)18-8-14(11-31-24(18)37-3)13-4-6-16-20(9-13)33-34-21(16)23(36)30-2/h4-12H,1-3H3,(H,30,36)(H,32,35)(H,33,34)/t12-/m0/s1/i1D3,3D3. The summed E-state index contributed by atoms with van der Waals surface area (Å²) >= 11 is 0. The van der Waals surface area contributed by atoms with Crippen molar-refractivity contribution >= 4 is 22.7 Å². The molecule has 0 aliphatic carbocycles. The van der Waals surface area contributed by atoms with Gasteiger partial charge in [-0.2, -0.15) is 5.10 Å². The number of pyridine rings is 1. The Morgan fingerprint density at radius 2 is 1.92 bits per heavy atom. The Morgan fingerprint density at radius 1 is 1.11 bits per heavy atom. The number of methoxy groups -OCH3 is 1. The highest BCUT2D eigenvalue weighted by Gasteiger charge is 2.31. The number of carbonyl (C=O) groups is 2. The van der Waals surface area contributed by atoms with Gasteiger partial charge >= 0.3 is 6.36 Å². The maximum atomic E-state index is 14.7. The third-order valence-electron chi connectivity index (χ3n) is 5.32. The first kappa shape index (κ1) is 19.4. The van der Waals surface area contributed by atoms with E-state index < -0.39 is 66.7 Å². The van der Waals surface area contributed by atoms with Gasteiger partial charge in [0.25, 0.3) is 11.8 Å². The number of nitrogens with zero attached hydrogens (tertiary/aromatic N) is 2. The van der Waals surface area contributed by atoms with Gasteiger partial charge in [-0.3, -0.25) is 14.7 Å². The number of hydrogen-bond acceptors (Lipinski definition) is 6. The summed E-state index contributed by atoms with van der Waals surface area (Å²) in [5, 5.41) is 11.6. The van der Waals surface area contributed by atoms with Crippen molar-refractivity contribution in [1.29, 1.82) is 0 Å². The SMILES string of the molecule is [2H]C([2H])([2H])Oc1ncc(-c2ccc3c(C(=O)NC)n[nH]c3c2)cc1C(=O)N[C@H](c1cc(OC(F)(F)F)ccc1F)C([2H])([2H])[2H]. The summed E-state index contributed by atoms with van der Waals surface area (Å²) in [4.78, 5) is 29.4. The predicted molar refractivity (Wildman–Crippen MR) is 128 cm³/mol. The van der Waals surface area contributed by atoms with Crippen molar-refractivity contribution in [1.82, 2.24) is 25.8 Å². The van der Waals surface area contributed by atoms with Crippen LogP contribution in [0.3, 0.4) is 0 Å². The number of hydrogen-bond donors (Lipinski definition) is 3. The van der Waals surface area contributed by atoms with E-state index in [0.717, 1.165) is 12.3 Å². The van der Waals surface area contributed by atoms with E-state index in [1.54, 1.807) is 18.2 Å². The summed E-state index contributed by atoms with van der Waals surface area (Å²) in [6, 6.07) is 5.17. The van der Waals surface area contributed by atoms with Crippen LogP contribution in [0.1, 0.15) is 47.5 Å². The zero-order chi connectivity index (χ0) is 32.6. The highest BCUT2D eigenvalue weighted by atomic mass is 19.4. The van der Waals surface area contributed by atoms with E-state index >= 15 is 0 Å². The van der Waals surface area contributed by atoms with Crippen LogP contribution in [-0.4, -0.2) is 47.4 Å². The summed E-state index contributed by atoms with van der Waals surface area (Å²) in [6.45, 7) is -3.21. The van der Waals surface area contributed by atoms with Crippen LogP contribution in [0.5, 0.6) is 11.6 Å². The van der Waals surface area contributed by atoms with Crippen molar-refractivity contribution in [2.24, 2.45) is 0 Å². The van der Waals surface area contributed by atoms with E-state index in [-0.39, 0.29) is 11.3 Å². The van der Waals surface area contributed by atoms with Crippen LogP contribution >= 0.6 is 0 Å². The minimum atomic E-state index is -5.18. The Labute approximate surface area is 221 Å². The van der Waals surface area contributed by atoms with Gasteiger partial charge in [-0.25, -0.2) is 9.37 Å². The number of benzene rings is 2. The van der Waals surface area contributed by atoms with E-state index in [9.17, 15) is 27.2 Å². The number of fused-ring (bicyclic) bond motifs is 1. The maximum absolute atomic E-state index is 14.7. The van der Waals surface area contributed by atoms with E-state index in [2.05, 4.69) is 25.2 Å². The summed E-state index contributed by atoms with van der Waals surface area (Å²) in [6.07, 6.45) is -4.02. The van der Waals surface area contributed by atoms with Gasteiger partial charge in [0.05, 0.1) is 22.7 Å². The molecule has 9 nitrogen and oxygen atoms in total. The molecule has 0 unspecified atom stereocenters. The molecule has 0 saturated carbocycles. The highest BCUT2D eigenvalue weighted by molar-refractivity contribution is 6.05. The normalized spacial score (nSPS) is 15.2. The highest BCUT2D eigenvalue weighted by Crippen LogP contribution is 2.30. The summed E-state index contributed by atoms with van der Waals surface area (Å²) in [5.41, 5.74) is -0.341. The molecule has 0 aliphatic heterocycles. The van der Waals surface area contributed by atoms with Crippen LogP contribution in [0.25, 0.3) is 22.0 Å². The molecule has 0 bridgehead atoms. The van der Waals surface area contributed by atoms with Crippen LogP contribution in [-0.2, 0) is 0 Å². The molecular formula is C25H21F4N5O4. The number of aromatic nitrogens is 3. The lowest BCUT2D eigenvalue weighted by Gasteiger charge is -2.18.